The summed E-state index contributed by atoms with van der Waals surface area (Å²) in [5.74, 6) is -0.162. The number of carbonyl (C=O) groups excluding carboxylic acids is 3. The maximum Gasteiger partial charge on any atom is 0.274 e. The molecule has 148 valence electrons. The molecule has 0 aliphatic carbocycles. The summed E-state index contributed by atoms with van der Waals surface area (Å²) in [5.41, 5.74) is 2.23. The van der Waals surface area contributed by atoms with Crippen molar-refractivity contribution < 1.29 is 14.4 Å². The smallest absolute Gasteiger partial charge is 0.274 e. The van der Waals surface area contributed by atoms with Gasteiger partial charge in [-0.3, -0.25) is 19.5 Å². The maximum atomic E-state index is 12.9. The van der Waals surface area contributed by atoms with Crippen LogP contribution in [0.5, 0.6) is 0 Å². The summed E-state index contributed by atoms with van der Waals surface area (Å²) in [4.78, 5) is 44.0. The molecule has 2 aromatic heterocycles. The molecule has 0 bridgehead atoms. The highest BCUT2D eigenvalue weighted by Crippen LogP contribution is 2.25. The number of hydrogen-bond donors (Lipinski definition) is 1. The van der Waals surface area contributed by atoms with Crippen molar-refractivity contribution in [2.45, 2.75) is 19.9 Å². The first-order chi connectivity index (χ1) is 13.4. The number of nitrogens with zero attached hydrogens (tertiary/aromatic N) is 4. The average molecular weight is 401 g/mol. The normalized spacial score (nSPS) is 17.5. The highest BCUT2D eigenvalue weighted by molar-refractivity contribution is 7.15. The van der Waals surface area contributed by atoms with E-state index in [1.54, 1.807) is 17.0 Å². The molecule has 2 aliphatic heterocycles. The zero-order chi connectivity index (χ0) is 19.8. The predicted octanol–water partition coefficient (Wildman–Crippen LogP) is 1.26. The Kier molecular flexibility index (Phi) is 5.03. The van der Waals surface area contributed by atoms with Gasteiger partial charge in [0.25, 0.3) is 11.8 Å². The van der Waals surface area contributed by atoms with Crippen molar-refractivity contribution in [2.24, 2.45) is 0 Å². The molecule has 8 nitrogen and oxygen atoms in total. The second-order valence-electron chi connectivity index (χ2n) is 7.32. The molecule has 0 spiro atoms. The fourth-order valence-electron chi connectivity index (χ4n) is 3.63. The van der Waals surface area contributed by atoms with Crippen LogP contribution in [-0.4, -0.2) is 82.3 Å². The van der Waals surface area contributed by atoms with Crippen molar-refractivity contribution in [1.82, 2.24) is 24.9 Å². The summed E-state index contributed by atoms with van der Waals surface area (Å²) in [6.45, 7) is 5.56. The average Bonchev–Trinajstić information content (AvgIpc) is 3.34. The molecular weight excluding hydrogens is 378 g/mol. The molecular formula is C19H23N5O3S. The SMILES string of the molecule is CC(=O)c1ccc(C(=O)N2CCc3c(C(=O)N4CCN(C)CC4)n[nH]c3C2)s1. The first-order valence-electron chi connectivity index (χ1n) is 9.38. The first-order valence-corrected chi connectivity index (χ1v) is 10.2. The number of hydrogen-bond acceptors (Lipinski definition) is 6. The fourth-order valence-corrected chi connectivity index (χ4v) is 4.49. The lowest BCUT2D eigenvalue weighted by Crippen LogP contribution is -2.47. The number of rotatable bonds is 3. The minimum Gasteiger partial charge on any atom is -0.335 e. The Labute approximate surface area is 167 Å². The number of Topliss-reactive ketones (excluding diaryl/α,β-unsaturated/α-hetero) is 1. The van der Waals surface area contributed by atoms with Crippen LogP contribution in [0.25, 0.3) is 0 Å². The Morgan fingerprint density at radius 1 is 1.00 bits per heavy atom. The van der Waals surface area contributed by atoms with Gasteiger partial charge >= 0.3 is 0 Å². The van der Waals surface area contributed by atoms with Crippen LogP contribution >= 0.6 is 11.3 Å². The Morgan fingerprint density at radius 3 is 2.39 bits per heavy atom. The number of aromatic amines is 1. The van der Waals surface area contributed by atoms with Crippen molar-refractivity contribution in [3.63, 3.8) is 0 Å². The van der Waals surface area contributed by atoms with Crippen molar-refractivity contribution in [3.8, 4) is 0 Å². The molecule has 2 aliphatic rings. The van der Waals surface area contributed by atoms with E-state index in [-0.39, 0.29) is 17.6 Å². The zero-order valence-electron chi connectivity index (χ0n) is 16.0. The van der Waals surface area contributed by atoms with Crippen LogP contribution in [-0.2, 0) is 13.0 Å². The molecule has 9 heteroatoms. The van der Waals surface area contributed by atoms with Crippen LogP contribution in [0.1, 0.15) is 48.0 Å². The third-order valence-corrected chi connectivity index (χ3v) is 6.55. The van der Waals surface area contributed by atoms with E-state index < -0.39 is 0 Å². The summed E-state index contributed by atoms with van der Waals surface area (Å²) in [5, 5.41) is 7.24. The molecule has 0 radical (unpaired) electrons. The third kappa shape index (κ3) is 3.47. The number of thiophene rings is 1. The molecule has 0 unspecified atom stereocenters. The number of nitrogens with one attached hydrogen (secondary N) is 1. The molecule has 1 fully saturated rings. The van der Waals surface area contributed by atoms with E-state index in [1.165, 1.54) is 18.3 Å². The number of aromatic nitrogens is 2. The van der Waals surface area contributed by atoms with Gasteiger partial charge < -0.3 is 14.7 Å². The van der Waals surface area contributed by atoms with Gasteiger partial charge in [-0.15, -0.1) is 11.3 Å². The van der Waals surface area contributed by atoms with Crippen molar-refractivity contribution in [1.29, 1.82) is 0 Å². The minimum atomic E-state index is -0.0929. The second-order valence-corrected chi connectivity index (χ2v) is 8.41. The van der Waals surface area contributed by atoms with Crippen molar-refractivity contribution >= 4 is 28.9 Å². The minimum absolute atomic E-state index is 0.0327. The Hall–Kier alpha value is -2.52. The van der Waals surface area contributed by atoms with Crippen LogP contribution in [0.15, 0.2) is 12.1 Å². The van der Waals surface area contributed by atoms with Crippen molar-refractivity contribution in [3.05, 3.63) is 38.8 Å². The van der Waals surface area contributed by atoms with Gasteiger partial charge in [0.15, 0.2) is 11.5 Å². The van der Waals surface area contributed by atoms with E-state index >= 15 is 0 Å². The molecule has 2 amide bonds. The monoisotopic (exact) mass is 401 g/mol. The van der Waals surface area contributed by atoms with Gasteiger partial charge in [0, 0.05) is 38.3 Å². The Morgan fingerprint density at radius 2 is 1.71 bits per heavy atom. The van der Waals surface area contributed by atoms with Crippen LogP contribution in [0.2, 0.25) is 0 Å². The lowest BCUT2D eigenvalue weighted by molar-refractivity contribution is 0.0656. The molecule has 0 atom stereocenters. The van der Waals surface area contributed by atoms with Gasteiger partial charge in [-0.25, -0.2) is 0 Å². The molecule has 4 rings (SSSR count). The zero-order valence-corrected chi connectivity index (χ0v) is 16.8. The van der Waals surface area contributed by atoms with Gasteiger partial charge in [-0.1, -0.05) is 0 Å². The Bertz CT molecular complexity index is 926. The van der Waals surface area contributed by atoms with E-state index in [0.717, 1.165) is 24.3 Å². The molecule has 2 aromatic rings. The quantitative estimate of drug-likeness (QED) is 0.782. The highest BCUT2D eigenvalue weighted by atomic mass is 32.1. The molecule has 1 saturated heterocycles. The summed E-state index contributed by atoms with van der Waals surface area (Å²) in [7, 11) is 2.05. The van der Waals surface area contributed by atoms with E-state index in [4.69, 9.17) is 0 Å². The standard InChI is InChI=1S/C19H23N5O3S/c1-12(25)15-3-4-16(28-15)18(26)24-6-5-13-14(11-24)20-21-17(13)19(27)23-9-7-22(2)8-10-23/h3-4H,5-11H2,1-2H3,(H,20,21). The van der Waals surface area contributed by atoms with Gasteiger partial charge in [0.05, 0.1) is 22.0 Å². The van der Waals surface area contributed by atoms with Crippen LogP contribution in [0, 0.1) is 0 Å². The van der Waals surface area contributed by atoms with E-state index in [1.807, 2.05) is 4.90 Å². The van der Waals surface area contributed by atoms with Crippen LogP contribution in [0.4, 0.5) is 0 Å². The second kappa shape index (κ2) is 7.48. The lowest BCUT2D eigenvalue weighted by atomic mass is 10.0. The topological polar surface area (TPSA) is 89.6 Å². The largest absolute Gasteiger partial charge is 0.335 e. The number of ketones is 1. The molecule has 1 N–H and O–H groups in total. The molecule has 28 heavy (non-hydrogen) atoms. The van der Waals surface area contributed by atoms with E-state index in [0.29, 0.717) is 48.0 Å². The lowest BCUT2D eigenvalue weighted by Gasteiger charge is -2.32. The summed E-state index contributed by atoms with van der Waals surface area (Å²) in [6.07, 6.45) is 0.595. The summed E-state index contributed by atoms with van der Waals surface area (Å²) in [6, 6.07) is 3.40. The van der Waals surface area contributed by atoms with E-state index in [9.17, 15) is 14.4 Å². The van der Waals surface area contributed by atoms with Crippen LogP contribution in [0.3, 0.4) is 0 Å². The van der Waals surface area contributed by atoms with E-state index in [2.05, 4.69) is 22.1 Å². The van der Waals surface area contributed by atoms with Crippen LogP contribution < -0.4 is 0 Å². The number of H-pyrrole nitrogens is 1. The van der Waals surface area contributed by atoms with Gasteiger partial charge in [-0.2, -0.15) is 5.10 Å². The highest BCUT2D eigenvalue weighted by Gasteiger charge is 2.31. The summed E-state index contributed by atoms with van der Waals surface area (Å²) >= 11 is 1.22. The van der Waals surface area contributed by atoms with Gasteiger partial charge in [0.1, 0.15) is 0 Å². The molecule has 0 saturated carbocycles. The summed E-state index contributed by atoms with van der Waals surface area (Å²) < 4.78 is 0. The van der Waals surface area contributed by atoms with Crippen molar-refractivity contribution in [2.75, 3.05) is 39.8 Å². The number of fused-ring (bicyclic) bond motifs is 1. The fraction of sp³-hybridized carbons (Fsp3) is 0.474. The number of likely N-dealkylation sites (N-methyl/N-ethyl adjacent to an activating group) is 1. The number of piperazine rings is 1. The number of amides is 2. The maximum absolute atomic E-state index is 12.9. The molecule has 4 heterocycles. The van der Waals surface area contributed by atoms with Gasteiger partial charge in [-0.05, 0) is 32.5 Å². The first kappa shape index (κ1) is 18.8. The van der Waals surface area contributed by atoms with Gasteiger partial charge in [0.2, 0.25) is 0 Å². The third-order valence-electron chi connectivity index (χ3n) is 5.38. The number of carbonyl (C=O) groups is 3. The molecule has 0 aromatic carbocycles. The Balaban J connectivity index is 1.47. The predicted molar refractivity (Wildman–Crippen MR) is 105 cm³/mol.